The predicted octanol–water partition coefficient (Wildman–Crippen LogP) is 3.60. The normalized spacial score (nSPS) is 43.2. The zero-order chi connectivity index (χ0) is 11.6. The first-order valence-corrected chi connectivity index (χ1v) is 8.11. The molecule has 0 unspecified atom stereocenters. The van der Waals surface area contributed by atoms with Crippen molar-refractivity contribution in [2.45, 2.75) is 44.1 Å². The van der Waals surface area contributed by atoms with E-state index in [1.165, 1.54) is 38.5 Å². The molecular formula is C13H16BrNOS. The van der Waals surface area contributed by atoms with Gasteiger partial charge >= 0.3 is 0 Å². The average molecular weight is 314 g/mol. The van der Waals surface area contributed by atoms with E-state index >= 15 is 0 Å². The van der Waals surface area contributed by atoms with Gasteiger partial charge < -0.3 is 0 Å². The lowest BCUT2D eigenvalue weighted by molar-refractivity contribution is -0.0389. The third-order valence-electron chi connectivity index (χ3n) is 5.05. The largest absolute Gasteiger partial charge is 0.268 e. The molecule has 4 saturated carbocycles. The third-order valence-corrected chi connectivity index (χ3v) is 6.76. The minimum Gasteiger partial charge on any atom is -0.268 e. The Labute approximate surface area is 113 Å². The van der Waals surface area contributed by atoms with Crippen molar-refractivity contribution in [3.05, 3.63) is 20.2 Å². The predicted molar refractivity (Wildman–Crippen MR) is 72.4 cm³/mol. The van der Waals surface area contributed by atoms with E-state index in [1.54, 1.807) is 17.6 Å². The van der Waals surface area contributed by atoms with E-state index in [0.717, 1.165) is 21.5 Å². The topological polar surface area (TPSA) is 22.0 Å². The monoisotopic (exact) mass is 313 g/mol. The van der Waals surface area contributed by atoms with Crippen molar-refractivity contribution in [1.82, 2.24) is 3.96 Å². The highest BCUT2D eigenvalue weighted by atomic mass is 79.9. The van der Waals surface area contributed by atoms with Crippen LogP contribution in [0.15, 0.2) is 14.6 Å². The van der Waals surface area contributed by atoms with Gasteiger partial charge in [-0.2, -0.15) is 0 Å². The van der Waals surface area contributed by atoms with E-state index in [9.17, 15) is 4.79 Å². The van der Waals surface area contributed by atoms with Crippen molar-refractivity contribution >= 4 is 27.5 Å². The summed E-state index contributed by atoms with van der Waals surface area (Å²) in [6.45, 7) is 0. The number of nitrogens with zero attached hydrogens (tertiary/aromatic N) is 1. The van der Waals surface area contributed by atoms with Gasteiger partial charge in [-0.3, -0.25) is 8.75 Å². The van der Waals surface area contributed by atoms with Gasteiger partial charge in [0.05, 0.1) is 9.33 Å². The van der Waals surface area contributed by atoms with Gasteiger partial charge in [-0.1, -0.05) is 0 Å². The van der Waals surface area contributed by atoms with Crippen LogP contribution in [0.4, 0.5) is 0 Å². The van der Waals surface area contributed by atoms with Gasteiger partial charge in [0.1, 0.15) is 0 Å². The van der Waals surface area contributed by atoms with Crippen molar-refractivity contribution in [3.8, 4) is 0 Å². The molecule has 92 valence electrons. The minimum absolute atomic E-state index is 0.197. The van der Waals surface area contributed by atoms with E-state index in [0.29, 0.717) is 0 Å². The first kappa shape index (κ1) is 10.8. The Morgan fingerprint density at radius 2 is 1.71 bits per heavy atom. The molecular weight excluding hydrogens is 298 g/mol. The van der Waals surface area contributed by atoms with E-state index in [4.69, 9.17) is 0 Å². The lowest BCUT2D eigenvalue weighted by Gasteiger charge is -2.56. The molecule has 2 nitrogen and oxygen atoms in total. The number of halogens is 1. The molecule has 1 aromatic heterocycles. The van der Waals surface area contributed by atoms with Gasteiger partial charge in [0.2, 0.25) is 0 Å². The SMILES string of the molecule is O=c1cc(Br)sn1C12CC3CC(CC(C3)C1)C2. The van der Waals surface area contributed by atoms with E-state index < -0.39 is 0 Å². The van der Waals surface area contributed by atoms with Crippen molar-refractivity contribution < 1.29 is 0 Å². The molecule has 1 aromatic rings. The lowest BCUT2D eigenvalue weighted by atomic mass is 9.53. The molecule has 4 fully saturated rings. The Morgan fingerprint density at radius 3 is 2.12 bits per heavy atom. The van der Waals surface area contributed by atoms with Crippen molar-refractivity contribution in [2.75, 3.05) is 0 Å². The molecule has 0 radical (unpaired) electrons. The Balaban J connectivity index is 1.82. The van der Waals surface area contributed by atoms with Crippen LogP contribution < -0.4 is 5.56 Å². The number of hydrogen-bond acceptors (Lipinski definition) is 2. The highest BCUT2D eigenvalue weighted by Gasteiger charge is 2.52. The van der Waals surface area contributed by atoms with Crippen LogP contribution in [0.5, 0.6) is 0 Å². The zero-order valence-electron chi connectivity index (χ0n) is 9.69. The van der Waals surface area contributed by atoms with Gasteiger partial charge in [0, 0.05) is 6.07 Å². The fraction of sp³-hybridized carbons (Fsp3) is 0.769. The molecule has 0 aromatic carbocycles. The minimum atomic E-state index is 0.197. The summed E-state index contributed by atoms with van der Waals surface area (Å²) in [4.78, 5) is 12.1. The molecule has 0 atom stereocenters. The van der Waals surface area contributed by atoms with Crippen molar-refractivity contribution in [2.24, 2.45) is 17.8 Å². The fourth-order valence-corrected chi connectivity index (χ4v) is 6.48. The van der Waals surface area contributed by atoms with E-state index in [-0.39, 0.29) is 11.1 Å². The fourth-order valence-electron chi connectivity index (χ4n) is 4.96. The second-order valence-electron chi connectivity index (χ2n) is 6.31. The number of hydrogen-bond donors (Lipinski definition) is 0. The summed E-state index contributed by atoms with van der Waals surface area (Å²) in [6, 6.07) is 1.74. The Morgan fingerprint density at radius 1 is 1.18 bits per heavy atom. The Bertz CT molecular complexity index is 482. The Hall–Kier alpha value is -0.0900. The Kier molecular flexibility index (Phi) is 2.21. The number of aromatic nitrogens is 1. The molecule has 0 N–H and O–H groups in total. The molecule has 0 spiro atoms. The maximum atomic E-state index is 12.1. The van der Waals surface area contributed by atoms with Gasteiger partial charge in [-0.15, -0.1) is 0 Å². The number of rotatable bonds is 1. The lowest BCUT2D eigenvalue weighted by Crippen LogP contribution is -2.53. The summed E-state index contributed by atoms with van der Waals surface area (Å²) < 4.78 is 3.08. The molecule has 4 aliphatic carbocycles. The molecule has 4 aliphatic rings. The van der Waals surface area contributed by atoms with Crippen LogP contribution in [0.1, 0.15) is 38.5 Å². The molecule has 4 heteroatoms. The van der Waals surface area contributed by atoms with Gasteiger partial charge in [0.25, 0.3) is 5.56 Å². The van der Waals surface area contributed by atoms with Crippen LogP contribution in [0.2, 0.25) is 0 Å². The maximum absolute atomic E-state index is 12.1. The van der Waals surface area contributed by atoms with Gasteiger partial charge in [-0.25, -0.2) is 0 Å². The summed E-state index contributed by atoms with van der Waals surface area (Å²) in [5, 5.41) is 0. The van der Waals surface area contributed by atoms with Crippen LogP contribution in [0.25, 0.3) is 0 Å². The summed E-state index contributed by atoms with van der Waals surface area (Å²) >= 11 is 5.08. The molecule has 1 heterocycles. The highest BCUT2D eigenvalue weighted by Crippen LogP contribution is 2.58. The molecule has 0 aliphatic heterocycles. The third kappa shape index (κ3) is 1.53. The van der Waals surface area contributed by atoms with Crippen molar-refractivity contribution in [1.29, 1.82) is 0 Å². The average Bonchev–Trinajstić information content (AvgIpc) is 2.56. The molecule has 17 heavy (non-hydrogen) atoms. The first-order valence-electron chi connectivity index (χ1n) is 6.54. The standard InChI is InChI=1S/C13H16BrNOS/c14-11-4-12(16)15(17-11)13-5-8-1-9(6-13)3-10(2-8)7-13/h4,8-10H,1-3,5-7H2. The summed E-state index contributed by atoms with van der Waals surface area (Å²) in [6.07, 6.45) is 8.06. The van der Waals surface area contributed by atoms with Crippen LogP contribution in [-0.2, 0) is 5.54 Å². The first-order chi connectivity index (χ1) is 8.14. The quantitative estimate of drug-likeness (QED) is 0.776. The smallest absolute Gasteiger partial charge is 0.262 e. The van der Waals surface area contributed by atoms with Crippen molar-refractivity contribution in [3.63, 3.8) is 0 Å². The molecule has 5 rings (SSSR count). The van der Waals surface area contributed by atoms with E-state index in [2.05, 4.69) is 19.9 Å². The molecule has 4 bridgehead atoms. The summed E-state index contributed by atoms with van der Waals surface area (Å²) in [5.41, 5.74) is 0.409. The van der Waals surface area contributed by atoms with E-state index in [1.807, 2.05) is 0 Å². The summed E-state index contributed by atoms with van der Waals surface area (Å²) in [7, 11) is 0. The van der Waals surface area contributed by atoms with Gasteiger partial charge in [-0.05, 0) is 83.7 Å². The van der Waals surface area contributed by atoms with Crippen LogP contribution >= 0.6 is 27.5 Å². The van der Waals surface area contributed by atoms with Crippen LogP contribution in [0, 0.1) is 17.8 Å². The summed E-state index contributed by atoms with van der Waals surface area (Å²) in [5.74, 6) is 2.69. The van der Waals surface area contributed by atoms with Crippen LogP contribution in [-0.4, -0.2) is 3.96 Å². The molecule has 0 amide bonds. The van der Waals surface area contributed by atoms with Gasteiger partial charge in [0.15, 0.2) is 0 Å². The zero-order valence-corrected chi connectivity index (χ0v) is 12.1. The maximum Gasteiger partial charge on any atom is 0.262 e. The highest BCUT2D eigenvalue weighted by molar-refractivity contribution is 9.11. The molecule has 0 saturated heterocycles. The second-order valence-corrected chi connectivity index (χ2v) is 8.68. The van der Waals surface area contributed by atoms with Crippen LogP contribution in [0.3, 0.4) is 0 Å². The second kappa shape index (κ2) is 3.47.